The van der Waals surface area contributed by atoms with Crippen LogP contribution in [0.25, 0.3) is 0 Å². The molecule has 1 aromatic carbocycles. The molecule has 0 unspecified atom stereocenters. The monoisotopic (exact) mass is 309 g/mol. The van der Waals surface area contributed by atoms with Crippen molar-refractivity contribution in [3.8, 4) is 0 Å². The minimum Gasteiger partial charge on any atom is -0.340 e. The largest absolute Gasteiger partial charge is 0.340 e. The van der Waals surface area contributed by atoms with E-state index in [0.29, 0.717) is 11.9 Å². The van der Waals surface area contributed by atoms with Gasteiger partial charge in [0.2, 0.25) is 5.91 Å². The van der Waals surface area contributed by atoms with Crippen LogP contribution in [0.3, 0.4) is 0 Å². The Bertz CT molecular complexity index is 721. The molecule has 1 aromatic heterocycles. The topological polar surface area (TPSA) is 38.1 Å². The Morgan fingerprint density at radius 3 is 2.96 bits per heavy atom. The highest BCUT2D eigenvalue weighted by Crippen LogP contribution is 2.35. The van der Waals surface area contributed by atoms with Crippen LogP contribution in [0.5, 0.6) is 0 Å². The lowest BCUT2D eigenvalue weighted by atomic mass is 9.97. The molecule has 0 radical (unpaired) electrons. The summed E-state index contributed by atoms with van der Waals surface area (Å²) in [6.45, 7) is 3.74. The first-order chi connectivity index (χ1) is 11.2. The number of amides is 1. The minimum absolute atomic E-state index is 0.0637. The van der Waals surface area contributed by atoms with E-state index in [9.17, 15) is 4.79 Å². The van der Waals surface area contributed by atoms with Gasteiger partial charge < -0.3 is 9.47 Å². The van der Waals surface area contributed by atoms with Gasteiger partial charge in [0.15, 0.2) is 0 Å². The van der Waals surface area contributed by atoms with Crippen LogP contribution in [0.2, 0.25) is 0 Å². The predicted octanol–water partition coefficient (Wildman–Crippen LogP) is 3.09. The van der Waals surface area contributed by atoms with Crippen molar-refractivity contribution in [2.45, 2.75) is 44.6 Å². The number of fused-ring (bicyclic) bond motifs is 1. The Labute approximate surface area is 137 Å². The standard InChI is InChI=1S/C19H23N3O/c1-14-20-10-12-22(14)16-6-4-11-21(13-16)19(23)18-9-8-15-5-2-3-7-17(15)18/h2-3,5,7,10,12,16,18H,4,6,8-9,11,13H2,1H3/t16-,18+/m0/s1. The minimum atomic E-state index is 0.0637. The number of imidazole rings is 1. The average molecular weight is 309 g/mol. The molecule has 1 amide bonds. The van der Waals surface area contributed by atoms with Gasteiger partial charge in [-0.1, -0.05) is 24.3 Å². The SMILES string of the molecule is Cc1nccn1[C@H]1CCCN(C(=O)[C@@H]2CCc3ccccc32)C1. The third-order valence-electron chi connectivity index (χ3n) is 5.39. The van der Waals surface area contributed by atoms with Crippen molar-refractivity contribution >= 4 is 5.91 Å². The van der Waals surface area contributed by atoms with E-state index in [0.717, 1.165) is 44.6 Å². The van der Waals surface area contributed by atoms with Crippen LogP contribution >= 0.6 is 0 Å². The summed E-state index contributed by atoms with van der Waals surface area (Å²) in [4.78, 5) is 19.5. The number of carbonyl (C=O) groups excluding carboxylic acids is 1. The first-order valence-corrected chi connectivity index (χ1v) is 8.60. The summed E-state index contributed by atoms with van der Waals surface area (Å²) in [5, 5.41) is 0. The number of aromatic nitrogens is 2. The number of nitrogens with zero attached hydrogens (tertiary/aromatic N) is 3. The smallest absolute Gasteiger partial charge is 0.230 e. The summed E-state index contributed by atoms with van der Waals surface area (Å²) >= 11 is 0. The molecule has 2 aliphatic rings. The summed E-state index contributed by atoms with van der Waals surface area (Å²) in [5.41, 5.74) is 2.60. The normalized spacial score (nSPS) is 23.8. The van der Waals surface area contributed by atoms with Gasteiger partial charge >= 0.3 is 0 Å². The van der Waals surface area contributed by atoms with Gasteiger partial charge in [0.25, 0.3) is 0 Å². The van der Waals surface area contributed by atoms with Gasteiger partial charge in [-0.25, -0.2) is 4.98 Å². The molecule has 23 heavy (non-hydrogen) atoms. The lowest BCUT2D eigenvalue weighted by Crippen LogP contribution is -2.42. The summed E-state index contributed by atoms with van der Waals surface area (Å²) in [5.74, 6) is 1.42. The number of hydrogen-bond donors (Lipinski definition) is 0. The van der Waals surface area contributed by atoms with Crippen LogP contribution in [0.4, 0.5) is 0 Å². The number of likely N-dealkylation sites (tertiary alicyclic amines) is 1. The number of carbonyl (C=O) groups is 1. The van der Waals surface area contributed by atoms with Gasteiger partial charge in [0.1, 0.15) is 5.82 Å². The molecule has 120 valence electrons. The molecule has 0 bridgehead atoms. The highest BCUT2D eigenvalue weighted by Gasteiger charge is 2.34. The summed E-state index contributed by atoms with van der Waals surface area (Å²) in [6.07, 6.45) is 8.08. The Hall–Kier alpha value is -2.10. The number of hydrogen-bond acceptors (Lipinski definition) is 2. The van der Waals surface area contributed by atoms with Crippen molar-refractivity contribution in [2.75, 3.05) is 13.1 Å². The molecule has 0 spiro atoms. The van der Waals surface area contributed by atoms with E-state index in [2.05, 4.69) is 38.7 Å². The number of piperidine rings is 1. The molecule has 4 heteroatoms. The van der Waals surface area contributed by atoms with Crippen molar-refractivity contribution in [2.24, 2.45) is 0 Å². The van der Waals surface area contributed by atoms with E-state index in [4.69, 9.17) is 0 Å². The van der Waals surface area contributed by atoms with Crippen molar-refractivity contribution < 1.29 is 4.79 Å². The third kappa shape index (κ3) is 2.56. The van der Waals surface area contributed by atoms with Crippen molar-refractivity contribution in [3.63, 3.8) is 0 Å². The zero-order valence-corrected chi connectivity index (χ0v) is 13.6. The molecular weight excluding hydrogens is 286 g/mol. The Balaban J connectivity index is 1.52. The first-order valence-electron chi connectivity index (χ1n) is 8.60. The third-order valence-corrected chi connectivity index (χ3v) is 5.39. The molecule has 1 fully saturated rings. The second-order valence-electron chi connectivity index (χ2n) is 6.75. The molecule has 4 rings (SSSR count). The maximum absolute atomic E-state index is 13.1. The van der Waals surface area contributed by atoms with Gasteiger partial charge in [-0.2, -0.15) is 0 Å². The molecule has 1 saturated heterocycles. The predicted molar refractivity (Wildman–Crippen MR) is 89.3 cm³/mol. The second-order valence-corrected chi connectivity index (χ2v) is 6.75. The Kier molecular flexibility index (Phi) is 3.68. The lowest BCUT2D eigenvalue weighted by Gasteiger charge is -2.35. The first kappa shape index (κ1) is 14.5. The van der Waals surface area contributed by atoms with Gasteiger partial charge in [-0.05, 0) is 43.7 Å². The Morgan fingerprint density at radius 2 is 2.13 bits per heavy atom. The summed E-state index contributed by atoms with van der Waals surface area (Å²) < 4.78 is 2.22. The van der Waals surface area contributed by atoms with Gasteiger partial charge in [0, 0.05) is 25.5 Å². The molecule has 2 atom stereocenters. The van der Waals surface area contributed by atoms with Crippen LogP contribution in [0.1, 0.15) is 48.2 Å². The van der Waals surface area contributed by atoms with Crippen LogP contribution in [0.15, 0.2) is 36.7 Å². The fourth-order valence-corrected chi connectivity index (χ4v) is 4.19. The van der Waals surface area contributed by atoms with Gasteiger partial charge in [0.05, 0.1) is 12.0 Å². The summed E-state index contributed by atoms with van der Waals surface area (Å²) in [7, 11) is 0. The summed E-state index contributed by atoms with van der Waals surface area (Å²) in [6, 6.07) is 8.79. The highest BCUT2D eigenvalue weighted by atomic mass is 16.2. The second kappa shape index (κ2) is 5.84. The van der Waals surface area contributed by atoms with E-state index in [1.807, 2.05) is 19.3 Å². The highest BCUT2D eigenvalue weighted by molar-refractivity contribution is 5.85. The fraction of sp³-hybridized carbons (Fsp3) is 0.474. The van der Waals surface area contributed by atoms with Crippen LogP contribution in [0, 0.1) is 6.92 Å². The molecule has 1 aliphatic heterocycles. The van der Waals surface area contributed by atoms with E-state index >= 15 is 0 Å². The van der Waals surface area contributed by atoms with E-state index in [-0.39, 0.29) is 5.92 Å². The Morgan fingerprint density at radius 1 is 1.26 bits per heavy atom. The maximum Gasteiger partial charge on any atom is 0.230 e. The molecule has 0 N–H and O–H groups in total. The molecule has 2 heterocycles. The van der Waals surface area contributed by atoms with Gasteiger partial charge in [-0.15, -0.1) is 0 Å². The molecule has 4 nitrogen and oxygen atoms in total. The van der Waals surface area contributed by atoms with Gasteiger partial charge in [-0.3, -0.25) is 4.79 Å². The molecule has 0 saturated carbocycles. The maximum atomic E-state index is 13.1. The zero-order valence-electron chi connectivity index (χ0n) is 13.6. The number of benzene rings is 1. The quantitative estimate of drug-likeness (QED) is 0.855. The molecule has 2 aromatic rings. The van der Waals surface area contributed by atoms with E-state index in [1.165, 1.54) is 11.1 Å². The van der Waals surface area contributed by atoms with Crippen LogP contribution in [-0.4, -0.2) is 33.4 Å². The van der Waals surface area contributed by atoms with E-state index in [1.54, 1.807) is 0 Å². The number of aryl methyl sites for hydroxylation is 2. The van der Waals surface area contributed by atoms with Crippen LogP contribution < -0.4 is 0 Å². The number of rotatable bonds is 2. The van der Waals surface area contributed by atoms with Crippen molar-refractivity contribution in [3.05, 3.63) is 53.6 Å². The zero-order chi connectivity index (χ0) is 15.8. The van der Waals surface area contributed by atoms with Crippen molar-refractivity contribution in [1.82, 2.24) is 14.5 Å². The fourth-order valence-electron chi connectivity index (χ4n) is 4.19. The van der Waals surface area contributed by atoms with Crippen molar-refractivity contribution in [1.29, 1.82) is 0 Å². The average Bonchev–Trinajstić information content (AvgIpc) is 3.20. The molecular formula is C19H23N3O. The lowest BCUT2D eigenvalue weighted by molar-refractivity contribution is -0.134. The van der Waals surface area contributed by atoms with Crippen LogP contribution in [-0.2, 0) is 11.2 Å². The van der Waals surface area contributed by atoms with E-state index < -0.39 is 0 Å². The molecule has 1 aliphatic carbocycles.